The minimum atomic E-state index is -0.990. The molecule has 0 atom stereocenters. The number of imide groups is 2. The maximum Gasteiger partial charge on any atom is 0.334 e. The van der Waals surface area contributed by atoms with E-state index in [-0.39, 0.29) is 12.1 Å². The predicted octanol–water partition coefficient (Wildman–Crippen LogP) is 1.48. The molecule has 1 fully saturated rings. The zero-order chi connectivity index (χ0) is 18.6. The van der Waals surface area contributed by atoms with Gasteiger partial charge in [-0.15, -0.1) is 0 Å². The van der Waals surface area contributed by atoms with Crippen LogP contribution in [-0.4, -0.2) is 60.7 Å². The third kappa shape index (κ3) is 3.62. The van der Waals surface area contributed by atoms with Crippen molar-refractivity contribution in [2.45, 2.75) is 19.8 Å². The molecule has 1 aliphatic rings. The van der Waals surface area contributed by atoms with Crippen molar-refractivity contribution >= 4 is 23.6 Å². The fourth-order valence-electron chi connectivity index (χ4n) is 2.46. The van der Waals surface area contributed by atoms with Crippen LogP contribution in [0.15, 0.2) is 18.2 Å². The van der Waals surface area contributed by atoms with Gasteiger partial charge in [-0.05, 0) is 24.6 Å². The molecular weight excluding hydrogens is 328 g/mol. The molecule has 0 radical (unpaired) electrons. The molecule has 1 aliphatic heterocycles. The summed E-state index contributed by atoms with van der Waals surface area (Å²) in [5.74, 6) is -1.69. The molecule has 0 spiro atoms. The van der Waals surface area contributed by atoms with Gasteiger partial charge in [-0.25, -0.2) is 9.69 Å². The summed E-state index contributed by atoms with van der Waals surface area (Å²) in [5.41, 5.74) is 0.168. The average Bonchev–Trinajstić information content (AvgIpc) is 2.82. The second-order valence-corrected chi connectivity index (χ2v) is 5.47. The van der Waals surface area contributed by atoms with Crippen LogP contribution in [-0.2, 0) is 9.59 Å². The highest BCUT2D eigenvalue weighted by Crippen LogP contribution is 2.25. The number of Topliss-reactive ketones (excluding diaryl/α,β-unsaturated/α-hetero) is 1. The molecule has 1 aromatic carbocycles. The molecule has 1 heterocycles. The molecule has 0 N–H and O–H groups in total. The summed E-state index contributed by atoms with van der Waals surface area (Å²) in [6, 6.07) is 3.87. The number of carbonyl (C=O) groups excluding carboxylic acids is 4. The SMILES string of the molecule is CCCCN1C(=O)C(=O)N(CC(=O)c2cc(OC)ccc2OC)C1=O. The van der Waals surface area contributed by atoms with Crippen molar-refractivity contribution in [2.75, 3.05) is 27.3 Å². The average molecular weight is 348 g/mol. The second-order valence-electron chi connectivity index (χ2n) is 5.47. The first-order valence-corrected chi connectivity index (χ1v) is 7.87. The lowest BCUT2D eigenvalue weighted by Gasteiger charge is -2.15. The van der Waals surface area contributed by atoms with E-state index >= 15 is 0 Å². The Balaban J connectivity index is 2.21. The Kier molecular flexibility index (Phi) is 5.74. The van der Waals surface area contributed by atoms with Crippen LogP contribution < -0.4 is 9.47 Å². The first kappa shape index (κ1) is 18.4. The van der Waals surface area contributed by atoms with Gasteiger partial charge in [-0.2, -0.15) is 0 Å². The van der Waals surface area contributed by atoms with Gasteiger partial charge in [0, 0.05) is 6.54 Å². The highest BCUT2D eigenvalue weighted by atomic mass is 16.5. The van der Waals surface area contributed by atoms with Crippen molar-refractivity contribution in [2.24, 2.45) is 0 Å². The predicted molar refractivity (Wildman–Crippen MR) is 87.6 cm³/mol. The number of carbonyl (C=O) groups is 4. The second kappa shape index (κ2) is 7.78. The lowest BCUT2D eigenvalue weighted by molar-refractivity contribution is -0.143. The largest absolute Gasteiger partial charge is 0.497 e. The first-order valence-electron chi connectivity index (χ1n) is 7.87. The summed E-state index contributed by atoms with van der Waals surface area (Å²) in [6.45, 7) is 1.53. The number of unbranched alkanes of at least 4 members (excludes halogenated alkanes) is 1. The van der Waals surface area contributed by atoms with E-state index in [2.05, 4.69) is 0 Å². The van der Waals surface area contributed by atoms with E-state index < -0.39 is 30.2 Å². The van der Waals surface area contributed by atoms with Crippen LogP contribution >= 0.6 is 0 Å². The lowest BCUT2D eigenvalue weighted by atomic mass is 10.1. The molecule has 4 amide bonds. The lowest BCUT2D eigenvalue weighted by Crippen LogP contribution is -2.37. The van der Waals surface area contributed by atoms with Crippen LogP contribution in [0.1, 0.15) is 30.1 Å². The van der Waals surface area contributed by atoms with E-state index in [1.165, 1.54) is 20.3 Å². The van der Waals surface area contributed by atoms with E-state index in [4.69, 9.17) is 9.47 Å². The maximum absolute atomic E-state index is 12.6. The molecule has 8 nitrogen and oxygen atoms in total. The topological polar surface area (TPSA) is 93.2 Å². The number of hydrogen-bond acceptors (Lipinski definition) is 6. The number of rotatable bonds is 8. The standard InChI is InChI=1S/C17H20N2O6/c1-4-5-8-18-15(21)16(22)19(17(18)23)10-13(20)12-9-11(24-2)6-7-14(12)25-3/h6-7,9H,4-5,8,10H2,1-3H3. The van der Waals surface area contributed by atoms with Crippen molar-refractivity contribution in [3.05, 3.63) is 23.8 Å². The Morgan fingerprint density at radius 2 is 1.72 bits per heavy atom. The smallest absolute Gasteiger partial charge is 0.334 e. The molecule has 1 aromatic rings. The zero-order valence-corrected chi connectivity index (χ0v) is 14.4. The van der Waals surface area contributed by atoms with Gasteiger partial charge in [0.25, 0.3) is 0 Å². The summed E-state index contributed by atoms with van der Waals surface area (Å²) in [6.07, 6.45) is 1.36. The molecule has 0 aromatic heterocycles. The normalized spacial score (nSPS) is 14.3. The number of methoxy groups -OCH3 is 2. The van der Waals surface area contributed by atoms with E-state index in [1.54, 1.807) is 12.1 Å². The summed E-state index contributed by atoms with van der Waals surface area (Å²) in [4.78, 5) is 50.3. The number of amides is 4. The van der Waals surface area contributed by atoms with Gasteiger partial charge in [0.05, 0.1) is 26.3 Å². The molecule has 0 unspecified atom stereocenters. The van der Waals surface area contributed by atoms with Gasteiger partial charge in [0.15, 0.2) is 5.78 Å². The summed E-state index contributed by atoms with van der Waals surface area (Å²) in [5, 5.41) is 0. The first-order chi connectivity index (χ1) is 11.9. The summed E-state index contributed by atoms with van der Waals surface area (Å²) < 4.78 is 10.2. The molecule has 134 valence electrons. The zero-order valence-electron chi connectivity index (χ0n) is 14.4. The van der Waals surface area contributed by atoms with Crippen molar-refractivity contribution in [3.8, 4) is 11.5 Å². The molecule has 1 saturated heterocycles. The summed E-state index contributed by atoms with van der Waals surface area (Å²) >= 11 is 0. The Labute approximate surface area is 145 Å². The number of ether oxygens (including phenoxy) is 2. The van der Waals surface area contributed by atoms with Crippen LogP contribution in [0.5, 0.6) is 11.5 Å². The molecule has 2 rings (SSSR count). The third-order valence-corrected chi connectivity index (χ3v) is 3.88. The van der Waals surface area contributed by atoms with Crippen LogP contribution in [0.4, 0.5) is 4.79 Å². The minimum Gasteiger partial charge on any atom is -0.497 e. The van der Waals surface area contributed by atoms with Crippen LogP contribution in [0.2, 0.25) is 0 Å². The van der Waals surface area contributed by atoms with Crippen molar-refractivity contribution in [1.82, 2.24) is 9.80 Å². The highest BCUT2D eigenvalue weighted by molar-refractivity contribution is 6.45. The fraction of sp³-hybridized carbons (Fsp3) is 0.412. The van der Waals surface area contributed by atoms with Crippen LogP contribution in [0, 0.1) is 0 Å². The Morgan fingerprint density at radius 1 is 1.04 bits per heavy atom. The Bertz CT molecular complexity index is 715. The van der Waals surface area contributed by atoms with E-state index in [1.807, 2.05) is 6.92 Å². The van der Waals surface area contributed by atoms with E-state index in [0.29, 0.717) is 22.8 Å². The monoisotopic (exact) mass is 348 g/mol. The Hall–Kier alpha value is -2.90. The maximum atomic E-state index is 12.6. The molecule has 0 saturated carbocycles. The fourth-order valence-corrected chi connectivity index (χ4v) is 2.46. The third-order valence-electron chi connectivity index (χ3n) is 3.88. The molecule has 0 bridgehead atoms. The number of hydrogen-bond donors (Lipinski definition) is 0. The van der Waals surface area contributed by atoms with Crippen molar-refractivity contribution < 1.29 is 28.7 Å². The minimum absolute atomic E-state index is 0.160. The van der Waals surface area contributed by atoms with Gasteiger partial charge in [-0.1, -0.05) is 13.3 Å². The number of ketones is 1. The van der Waals surface area contributed by atoms with Gasteiger partial charge in [0.1, 0.15) is 11.5 Å². The van der Waals surface area contributed by atoms with Crippen molar-refractivity contribution in [1.29, 1.82) is 0 Å². The number of nitrogens with zero attached hydrogens (tertiary/aromatic N) is 2. The number of urea groups is 1. The molecule has 0 aliphatic carbocycles. The molecular formula is C17H20N2O6. The quantitative estimate of drug-likeness (QED) is 0.401. The van der Waals surface area contributed by atoms with E-state index in [9.17, 15) is 19.2 Å². The van der Waals surface area contributed by atoms with Crippen LogP contribution in [0.3, 0.4) is 0 Å². The summed E-state index contributed by atoms with van der Waals surface area (Å²) in [7, 11) is 2.86. The van der Waals surface area contributed by atoms with Gasteiger partial charge >= 0.3 is 17.8 Å². The van der Waals surface area contributed by atoms with Crippen molar-refractivity contribution in [3.63, 3.8) is 0 Å². The van der Waals surface area contributed by atoms with Gasteiger partial charge in [-0.3, -0.25) is 19.3 Å². The number of benzene rings is 1. The molecule has 25 heavy (non-hydrogen) atoms. The highest BCUT2D eigenvalue weighted by Gasteiger charge is 2.44. The van der Waals surface area contributed by atoms with Gasteiger partial charge < -0.3 is 9.47 Å². The molecule has 8 heteroatoms. The Morgan fingerprint density at radius 3 is 2.32 bits per heavy atom. The van der Waals surface area contributed by atoms with E-state index in [0.717, 1.165) is 11.3 Å². The van der Waals surface area contributed by atoms with Gasteiger partial charge in [0.2, 0.25) is 0 Å². The van der Waals surface area contributed by atoms with Crippen LogP contribution in [0.25, 0.3) is 0 Å².